The molecule has 1 aliphatic rings. The van der Waals surface area contributed by atoms with Gasteiger partial charge in [-0.1, -0.05) is 65.8 Å². The van der Waals surface area contributed by atoms with Crippen molar-refractivity contribution in [1.29, 1.82) is 0 Å². The highest BCUT2D eigenvalue weighted by atomic mass is 28.4. The van der Waals surface area contributed by atoms with Crippen molar-refractivity contribution in [3.8, 4) is 16.9 Å². The van der Waals surface area contributed by atoms with Crippen LogP contribution < -0.4 is 4.74 Å². The molecule has 0 radical (unpaired) electrons. The van der Waals surface area contributed by atoms with E-state index in [0.29, 0.717) is 49.0 Å². The number of benzene rings is 2. The lowest BCUT2D eigenvalue weighted by molar-refractivity contribution is -0.129. The van der Waals surface area contributed by atoms with Gasteiger partial charge < -0.3 is 14.1 Å². The Bertz CT molecular complexity index is 1090. The van der Waals surface area contributed by atoms with Gasteiger partial charge in [-0.05, 0) is 71.3 Å². The van der Waals surface area contributed by atoms with Crippen molar-refractivity contribution in [2.45, 2.75) is 96.8 Å². The standard InChI is InChI=1S/C32H47NO4Si/c1-22(2)38(23(3)4,24(5)6)37-19-18-33-28(13-17-32(33)35)12-16-31(34)27-11-9-10-26(21-27)30-15-14-29(36-8)20-25(30)7/h9-11,14-15,20-24,28H,12-13,16-19H2,1-8H3/t28-/m1/s1. The number of carbonyl (C=O) groups is 2. The van der Waals surface area contributed by atoms with Crippen LogP contribution in [0.3, 0.4) is 0 Å². The van der Waals surface area contributed by atoms with E-state index in [9.17, 15) is 9.59 Å². The molecule has 0 aliphatic carbocycles. The molecule has 1 fully saturated rings. The lowest BCUT2D eigenvalue weighted by atomic mass is 9.96. The zero-order chi connectivity index (χ0) is 28.0. The van der Waals surface area contributed by atoms with Crippen LogP contribution in [0.2, 0.25) is 16.6 Å². The van der Waals surface area contributed by atoms with Gasteiger partial charge in [0.05, 0.1) is 13.7 Å². The largest absolute Gasteiger partial charge is 0.497 e. The number of amides is 1. The quantitative estimate of drug-likeness (QED) is 0.193. The van der Waals surface area contributed by atoms with Gasteiger partial charge in [0.2, 0.25) is 5.91 Å². The van der Waals surface area contributed by atoms with Gasteiger partial charge in [-0.2, -0.15) is 0 Å². The second kappa shape index (κ2) is 13.1. The Kier molecular flexibility index (Phi) is 10.4. The summed E-state index contributed by atoms with van der Waals surface area (Å²) in [6.45, 7) is 17.0. The molecule has 0 spiro atoms. The van der Waals surface area contributed by atoms with Crippen LogP contribution in [-0.2, 0) is 9.22 Å². The van der Waals surface area contributed by atoms with E-state index in [4.69, 9.17) is 9.16 Å². The number of rotatable bonds is 13. The molecule has 1 aliphatic heterocycles. The number of methoxy groups -OCH3 is 1. The molecule has 0 unspecified atom stereocenters. The van der Waals surface area contributed by atoms with Crippen molar-refractivity contribution in [3.05, 3.63) is 53.6 Å². The van der Waals surface area contributed by atoms with Crippen LogP contribution in [-0.4, -0.2) is 51.2 Å². The maximum atomic E-state index is 13.2. The highest BCUT2D eigenvalue weighted by molar-refractivity contribution is 6.77. The number of aryl methyl sites for hydroxylation is 1. The summed E-state index contributed by atoms with van der Waals surface area (Å²) < 4.78 is 12.0. The van der Waals surface area contributed by atoms with Crippen LogP contribution in [0.4, 0.5) is 0 Å². The number of ether oxygens (including phenoxy) is 1. The zero-order valence-corrected chi connectivity index (χ0v) is 25.7. The van der Waals surface area contributed by atoms with Crippen molar-refractivity contribution in [3.63, 3.8) is 0 Å². The molecule has 38 heavy (non-hydrogen) atoms. The molecule has 1 amide bonds. The van der Waals surface area contributed by atoms with Gasteiger partial charge in [-0.25, -0.2) is 0 Å². The second-order valence-electron chi connectivity index (χ2n) is 11.7. The van der Waals surface area contributed by atoms with E-state index in [-0.39, 0.29) is 17.7 Å². The number of hydrogen-bond donors (Lipinski definition) is 0. The fraction of sp³-hybridized carbons (Fsp3) is 0.562. The Balaban J connectivity index is 1.63. The number of nitrogens with zero attached hydrogens (tertiary/aromatic N) is 1. The Hall–Kier alpha value is -2.44. The van der Waals surface area contributed by atoms with Crippen molar-refractivity contribution in [2.24, 2.45) is 0 Å². The van der Waals surface area contributed by atoms with Gasteiger partial charge in [-0.3, -0.25) is 9.59 Å². The van der Waals surface area contributed by atoms with Crippen LogP contribution >= 0.6 is 0 Å². The van der Waals surface area contributed by atoms with E-state index in [2.05, 4.69) is 48.5 Å². The highest BCUT2D eigenvalue weighted by Gasteiger charge is 2.45. The first-order valence-electron chi connectivity index (χ1n) is 14.2. The van der Waals surface area contributed by atoms with Gasteiger partial charge in [0.15, 0.2) is 14.1 Å². The zero-order valence-electron chi connectivity index (χ0n) is 24.7. The Morgan fingerprint density at radius 2 is 1.71 bits per heavy atom. The molecule has 1 saturated heterocycles. The molecule has 2 aromatic carbocycles. The summed E-state index contributed by atoms with van der Waals surface area (Å²) in [6, 6.07) is 14.0. The summed E-state index contributed by atoms with van der Waals surface area (Å²) in [4.78, 5) is 27.9. The molecule has 0 aromatic heterocycles. The van der Waals surface area contributed by atoms with Crippen LogP contribution in [0.15, 0.2) is 42.5 Å². The fourth-order valence-corrected chi connectivity index (χ4v) is 12.1. The van der Waals surface area contributed by atoms with Crippen LogP contribution in [0.1, 0.15) is 83.1 Å². The average molecular weight is 538 g/mol. The van der Waals surface area contributed by atoms with Gasteiger partial charge >= 0.3 is 0 Å². The monoisotopic (exact) mass is 537 g/mol. The Labute approximate surface area is 231 Å². The predicted octanol–water partition coefficient (Wildman–Crippen LogP) is 7.82. The molecule has 0 N–H and O–H groups in total. The van der Waals surface area contributed by atoms with Crippen molar-refractivity contribution in [2.75, 3.05) is 20.3 Å². The Morgan fingerprint density at radius 3 is 2.32 bits per heavy atom. The number of likely N-dealkylation sites (tertiary alicyclic amines) is 1. The summed E-state index contributed by atoms with van der Waals surface area (Å²) in [6.07, 6.45) is 2.50. The third-order valence-electron chi connectivity index (χ3n) is 8.48. The highest BCUT2D eigenvalue weighted by Crippen LogP contribution is 2.42. The van der Waals surface area contributed by atoms with Crippen LogP contribution in [0.25, 0.3) is 11.1 Å². The minimum atomic E-state index is -1.97. The van der Waals surface area contributed by atoms with Crippen LogP contribution in [0.5, 0.6) is 5.75 Å². The molecule has 0 saturated carbocycles. The summed E-state index contributed by atoms with van der Waals surface area (Å²) in [5.74, 6) is 1.14. The number of carbonyl (C=O) groups excluding carboxylic acids is 2. The molecule has 0 bridgehead atoms. The molecule has 1 atom stereocenters. The minimum Gasteiger partial charge on any atom is -0.497 e. The first kappa shape index (κ1) is 30.1. The van der Waals surface area contributed by atoms with Gasteiger partial charge in [0.1, 0.15) is 5.75 Å². The van der Waals surface area contributed by atoms with Crippen LogP contribution in [0, 0.1) is 6.92 Å². The molecule has 1 heterocycles. The van der Waals surface area contributed by atoms with Crippen molar-refractivity contribution >= 4 is 20.0 Å². The average Bonchev–Trinajstić information content (AvgIpc) is 3.23. The van der Waals surface area contributed by atoms with E-state index < -0.39 is 8.32 Å². The Morgan fingerprint density at radius 1 is 1.03 bits per heavy atom. The topological polar surface area (TPSA) is 55.8 Å². The van der Waals surface area contributed by atoms with Crippen molar-refractivity contribution in [1.82, 2.24) is 4.90 Å². The molecule has 5 nitrogen and oxygen atoms in total. The summed E-state index contributed by atoms with van der Waals surface area (Å²) >= 11 is 0. The van der Waals surface area contributed by atoms with Gasteiger partial charge in [0.25, 0.3) is 0 Å². The predicted molar refractivity (Wildman–Crippen MR) is 158 cm³/mol. The minimum absolute atomic E-state index is 0.107. The first-order valence-corrected chi connectivity index (χ1v) is 16.4. The van der Waals surface area contributed by atoms with Crippen molar-refractivity contribution < 1.29 is 18.8 Å². The molecular weight excluding hydrogens is 490 g/mol. The maximum Gasteiger partial charge on any atom is 0.222 e. The molecule has 3 rings (SSSR count). The number of hydrogen-bond acceptors (Lipinski definition) is 4. The van der Waals surface area contributed by atoms with Gasteiger partial charge in [0, 0.05) is 31.0 Å². The summed E-state index contributed by atoms with van der Waals surface area (Å²) in [5, 5.41) is 0. The lowest BCUT2D eigenvalue weighted by Gasteiger charge is -2.42. The van der Waals surface area contributed by atoms with E-state index in [1.54, 1.807) is 7.11 Å². The van der Waals surface area contributed by atoms with E-state index in [1.165, 1.54) is 0 Å². The summed E-state index contributed by atoms with van der Waals surface area (Å²) in [5.41, 5.74) is 5.50. The maximum absolute atomic E-state index is 13.2. The number of Topliss-reactive ketones (excluding diaryl/α,β-unsaturated/α-hetero) is 1. The molecular formula is C32H47NO4Si. The lowest BCUT2D eigenvalue weighted by Crippen LogP contribution is -2.49. The van der Waals surface area contributed by atoms with Gasteiger partial charge in [-0.15, -0.1) is 0 Å². The summed E-state index contributed by atoms with van der Waals surface area (Å²) in [7, 11) is -0.302. The number of ketones is 1. The first-order chi connectivity index (χ1) is 18.0. The van der Waals surface area contributed by atoms with E-state index in [1.807, 2.05) is 47.4 Å². The SMILES string of the molecule is COc1ccc(-c2cccc(C(=O)CC[C@@H]3CCC(=O)N3CCO[Si](C(C)C)(C(C)C)C(C)C)c2)c(C)c1. The smallest absolute Gasteiger partial charge is 0.222 e. The third-order valence-corrected chi connectivity index (χ3v) is 14.6. The normalized spacial score (nSPS) is 16.2. The fourth-order valence-electron chi connectivity index (χ4n) is 6.61. The molecule has 6 heteroatoms. The third kappa shape index (κ3) is 6.57. The molecule has 2 aromatic rings. The second-order valence-corrected chi connectivity index (χ2v) is 17.1. The van der Waals surface area contributed by atoms with E-state index >= 15 is 0 Å². The van der Waals surface area contributed by atoms with E-state index in [0.717, 1.165) is 34.4 Å². The molecule has 208 valence electrons.